The molecule has 0 unspecified atom stereocenters. The van der Waals surface area contributed by atoms with E-state index < -0.39 is 0 Å². The molecule has 0 aliphatic heterocycles. The van der Waals surface area contributed by atoms with E-state index in [4.69, 9.17) is 11.6 Å². The van der Waals surface area contributed by atoms with E-state index in [1.165, 1.54) is 0 Å². The lowest BCUT2D eigenvalue weighted by atomic mass is 9.90. The molecule has 140 valence electrons. The van der Waals surface area contributed by atoms with Crippen molar-refractivity contribution in [2.45, 2.75) is 6.54 Å². The Bertz CT molecular complexity index is 1280. The highest BCUT2D eigenvalue weighted by Gasteiger charge is 2.35. The molecule has 0 saturated carbocycles. The van der Waals surface area contributed by atoms with Crippen LogP contribution in [0.1, 0.15) is 37.7 Å². The van der Waals surface area contributed by atoms with Crippen molar-refractivity contribution < 1.29 is 9.59 Å². The Hall–Kier alpha value is -3.57. The van der Waals surface area contributed by atoms with E-state index in [9.17, 15) is 9.59 Å². The number of halogens is 1. The van der Waals surface area contributed by atoms with Gasteiger partial charge in [0.05, 0.1) is 0 Å². The molecule has 5 rings (SSSR count). The van der Waals surface area contributed by atoms with Gasteiger partial charge >= 0.3 is 0 Å². The lowest BCUT2D eigenvalue weighted by Crippen LogP contribution is -2.23. The van der Waals surface area contributed by atoms with Crippen molar-refractivity contribution in [1.82, 2.24) is 14.5 Å². The minimum absolute atomic E-state index is 0.183. The van der Waals surface area contributed by atoms with Crippen molar-refractivity contribution in [2.75, 3.05) is 0 Å². The smallest absolute Gasteiger partial charge is 0.214 e. The van der Waals surface area contributed by atoms with Gasteiger partial charge in [-0.3, -0.25) is 14.6 Å². The highest BCUT2D eigenvalue weighted by molar-refractivity contribution is 6.30. The fourth-order valence-corrected chi connectivity index (χ4v) is 3.88. The van der Waals surface area contributed by atoms with Crippen LogP contribution in [0.2, 0.25) is 5.02 Å². The lowest BCUT2D eigenvalue weighted by molar-refractivity contribution is 0.0971. The van der Waals surface area contributed by atoms with Crippen molar-refractivity contribution in [2.24, 2.45) is 0 Å². The van der Waals surface area contributed by atoms with Gasteiger partial charge in [0.25, 0.3) is 0 Å². The summed E-state index contributed by atoms with van der Waals surface area (Å²) in [6, 6.07) is 17.9. The van der Waals surface area contributed by atoms with E-state index in [1.807, 2.05) is 30.3 Å². The van der Waals surface area contributed by atoms with Gasteiger partial charge in [0, 0.05) is 40.7 Å². The van der Waals surface area contributed by atoms with Gasteiger partial charge in [-0.2, -0.15) is 0 Å². The van der Waals surface area contributed by atoms with Gasteiger partial charge in [-0.15, -0.1) is 0 Å². The summed E-state index contributed by atoms with van der Waals surface area (Å²) in [6.07, 6.45) is 3.32. The number of fused-ring (bicyclic) bond motifs is 2. The third-order valence-corrected chi connectivity index (χ3v) is 5.22. The highest BCUT2D eigenvalue weighted by atomic mass is 35.5. The number of rotatable bonds is 3. The van der Waals surface area contributed by atoms with Gasteiger partial charge in [-0.25, -0.2) is 4.98 Å². The Morgan fingerprint density at radius 1 is 0.862 bits per heavy atom. The molecule has 5 nitrogen and oxygen atoms in total. The normalized spacial score (nSPS) is 12.6. The molecule has 0 N–H and O–H groups in total. The van der Waals surface area contributed by atoms with Crippen LogP contribution in [-0.2, 0) is 6.54 Å². The summed E-state index contributed by atoms with van der Waals surface area (Å²) in [5.41, 5.74) is 2.97. The highest BCUT2D eigenvalue weighted by Crippen LogP contribution is 2.32. The van der Waals surface area contributed by atoms with Gasteiger partial charge in [-0.05, 0) is 29.8 Å². The summed E-state index contributed by atoms with van der Waals surface area (Å²) >= 11 is 6.15. The summed E-state index contributed by atoms with van der Waals surface area (Å²) in [7, 11) is 0. The zero-order valence-electron chi connectivity index (χ0n) is 15.2. The van der Waals surface area contributed by atoms with Gasteiger partial charge in [0.15, 0.2) is 0 Å². The second-order valence-corrected chi connectivity index (χ2v) is 7.22. The molecule has 1 aliphatic rings. The van der Waals surface area contributed by atoms with E-state index in [0.717, 1.165) is 11.1 Å². The van der Waals surface area contributed by atoms with Gasteiger partial charge < -0.3 is 4.57 Å². The molecule has 0 saturated heterocycles. The summed E-state index contributed by atoms with van der Waals surface area (Å²) in [4.78, 5) is 35.1. The Morgan fingerprint density at radius 2 is 1.59 bits per heavy atom. The molecule has 4 aromatic rings. The third-order valence-electron chi connectivity index (χ3n) is 4.98. The molecule has 6 heteroatoms. The van der Waals surface area contributed by atoms with Crippen molar-refractivity contribution in [3.63, 3.8) is 0 Å². The number of carbonyl (C=O) groups is 2. The lowest BCUT2D eigenvalue weighted by Gasteiger charge is -2.16. The van der Waals surface area contributed by atoms with E-state index in [2.05, 4.69) is 9.97 Å². The monoisotopic (exact) mass is 399 g/mol. The maximum absolute atomic E-state index is 13.3. The third kappa shape index (κ3) is 2.87. The molecular weight excluding hydrogens is 386 g/mol. The van der Waals surface area contributed by atoms with Crippen LogP contribution in [0.3, 0.4) is 0 Å². The fourth-order valence-electron chi connectivity index (χ4n) is 3.67. The van der Waals surface area contributed by atoms with E-state index in [-0.39, 0.29) is 17.3 Å². The Balaban J connectivity index is 1.75. The molecule has 29 heavy (non-hydrogen) atoms. The maximum atomic E-state index is 13.3. The standard InChI is InChI=1S/C23H14ClN3O2/c24-16-5-3-4-14(12-16)13-27-20-19(26-23(27)15-8-10-25-11-9-15)21(28)17-6-1-2-7-18(17)22(20)29/h1-12H,13H2. The van der Waals surface area contributed by atoms with Gasteiger partial charge in [0.2, 0.25) is 11.6 Å². The number of ketones is 2. The molecule has 0 radical (unpaired) electrons. The van der Waals surface area contributed by atoms with Gasteiger partial charge in [0.1, 0.15) is 17.2 Å². The maximum Gasteiger partial charge on any atom is 0.214 e. The molecular formula is C23H14ClN3O2. The topological polar surface area (TPSA) is 64.8 Å². The first-order chi connectivity index (χ1) is 14.1. The van der Waals surface area contributed by atoms with Crippen LogP contribution in [0.5, 0.6) is 0 Å². The first-order valence-electron chi connectivity index (χ1n) is 9.07. The minimum atomic E-state index is -0.240. The van der Waals surface area contributed by atoms with Gasteiger partial charge in [-0.1, -0.05) is 48.0 Å². The fraction of sp³-hybridized carbons (Fsp3) is 0.0435. The molecule has 2 heterocycles. The second kappa shape index (κ2) is 6.79. The van der Waals surface area contributed by atoms with Crippen molar-refractivity contribution in [3.05, 3.63) is 106 Å². The molecule has 0 amide bonds. The number of pyridine rings is 1. The Kier molecular flexibility index (Phi) is 4.11. The SMILES string of the molecule is O=C1c2ccccc2C(=O)c2c1nc(-c1ccncc1)n2Cc1cccc(Cl)c1. The number of benzene rings is 2. The molecule has 0 spiro atoms. The van der Waals surface area contributed by atoms with E-state index in [0.29, 0.717) is 34.2 Å². The second-order valence-electron chi connectivity index (χ2n) is 6.79. The molecule has 1 aliphatic carbocycles. The van der Waals surface area contributed by atoms with Crippen LogP contribution in [0.15, 0.2) is 73.1 Å². The zero-order chi connectivity index (χ0) is 20.0. The Morgan fingerprint density at radius 3 is 2.31 bits per heavy atom. The number of hydrogen-bond donors (Lipinski definition) is 0. The van der Waals surface area contributed by atoms with Crippen LogP contribution >= 0.6 is 11.6 Å². The number of nitrogens with zero attached hydrogens (tertiary/aromatic N) is 3. The quantitative estimate of drug-likeness (QED) is 0.450. The Labute approximate surface area is 171 Å². The summed E-state index contributed by atoms with van der Waals surface area (Å²) in [6.45, 7) is 0.363. The van der Waals surface area contributed by atoms with Crippen molar-refractivity contribution >= 4 is 23.2 Å². The van der Waals surface area contributed by atoms with Crippen LogP contribution in [0.25, 0.3) is 11.4 Å². The minimum Gasteiger partial charge on any atom is -0.316 e. The predicted octanol–water partition coefficient (Wildman–Crippen LogP) is 4.42. The van der Waals surface area contributed by atoms with Crippen LogP contribution in [0.4, 0.5) is 0 Å². The van der Waals surface area contributed by atoms with Crippen LogP contribution < -0.4 is 0 Å². The molecule has 2 aromatic heterocycles. The van der Waals surface area contributed by atoms with Crippen LogP contribution in [-0.4, -0.2) is 26.1 Å². The van der Waals surface area contributed by atoms with Crippen molar-refractivity contribution in [1.29, 1.82) is 0 Å². The average Bonchev–Trinajstić information content (AvgIpc) is 3.12. The number of imidazole rings is 1. The number of carbonyl (C=O) groups excluding carboxylic acids is 2. The van der Waals surface area contributed by atoms with E-state index >= 15 is 0 Å². The predicted molar refractivity (Wildman–Crippen MR) is 109 cm³/mol. The molecule has 0 atom stereocenters. The first kappa shape index (κ1) is 17.5. The average molecular weight is 400 g/mol. The number of aromatic nitrogens is 3. The summed E-state index contributed by atoms with van der Waals surface area (Å²) in [5, 5.41) is 0.606. The number of hydrogen-bond acceptors (Lipinski definition) is 4. The molecule has 0 bridgehead atoms. The summed E-state index contributed by atoms with van der Waals surface area (Å²) in [5.74, 6) is 0.104. The molecule has 2 aromatic carbocycles. The van der Waals surface area contributed by atoms with Crippen LogP contribution in [0, 0.1) is 0 Å². The zero-order valence-corrected chi connectivity index (χ0v) is 15.9. The van der Waals surface area contributed by atoms with Crippen molar-refractivity contribution in [3.8, 4) is 11.4 Å². The summed E-state index contributed by atoms with van der Waals surface area (Å²) < 4.78 is 1.80. The van der Waals surface area contributed by atoms with E-state index in [1.54, 1.807) is 47.3 Å². The molecule has 0 fully saturated rings. The first-order valence-corrected chi connectivity index (χ1v) is 9.45. The largest absolute Gasteiger partial charge is 0.316 e.